The van der Waals surface area contributed by atoms with Crippen LogP contribution in [0.4, 0.5) is 5.69 Å². The summed E-state index contributed by atoms with van der Waals surface area (Å²) >= 11 is 0. The molecule has 1 aromatic carbocycles. The van der Waals surface area contributed by atoms with Gasteiger partial charge in [0.1, 0.15) is 11.4 Å². The highest BCUT2D eigenvalue weighted by molar-refractivity contribution is 6.11. The van der Waals surface area contributed by atoms with Crippen LogP contribution in [0.5, 0.6) is 0 Å². The van der Waals surface area contributed by atoms with Crippen molar-refractivity contribution in [3.8, 4) is 0 Å². The first kappa shape index (κ1) is 10.9. The number of hydrogen-bond donors (Lipinski definition) is 2. The van der Waals surface area contributed by atoms with Crippen LogP contribution in [0.3, 0.4) is 0 Å². The van der Waals surface area contributed by atoms with Gasteiger partial charge in [-0.05, 0) is 23.8 Å². The molecule has 0 amide bonds. The zero-order valence-corrected chi connectivity index (χ0v) is 10.4. The fraction of sp³-hybridized carbons (Fsp3) is 0. The van der Waals surface area contributed by atoms with Crippen LogP contribution in [0.25, 0.3) is 17.2 Å². The Bertz CT molecular complexity index is 846. The Hall–Kier alpha value is -3.02. The molecule has 0 radical (unpaired) electrons. The van der Waals surface area contributed by atoms with Gasteiger partial charge in [0.15, 0.2) is 5.65 Å². The number of benzene rings is 1. The lowest BCUT2D eigenvalue weighted by molar-refractivity contribution is 1.04. The van der Waals surface area contributed by atoms with Gasteiger partial charge in [-0.25, -0.2) is 4.98 Å². The summed E-state index contributed by atoms with van der Waals surface area (Å²) in [6.07, 6.45) is 5.53. The number of rotatable bonds is 1. The number of hydrogen-bond acceptors (Lipinski definition) is 5. The zero-order chi connectivity index (χ0) is 13.4. The van der Waals surface area contributed by atoms with Crippen LogP contribution < -0.4 is 5.43 Å². The molecule has 0 fully saturated rings. The second-order valence-electron chi connectivity index (χ2n) is 4.40. The van der Waals surface area contributed by atoms with Crippen LogP contribution in [0.2, 0.25) is 0 Å². The van der Waals surface area contributed by atoms with Crippen molar-refractivity contribution in [1.29, 1.82) is 0 Å². The number of fused-ring (bicyclic) bond motifs is 2. The molecule has 1 aliphatic rings. The van der Waals surface area contributed by atoms with Crippen LogP contribution in [-0.2, 0) is 0 Å². The molecule has 1 aliphatic heterocycles. The predicted molar refractivity (Wildman–Crippen MR) is 77.3 cm³/mol. The van der Waals surface area contributed by atoms with Crippen LogP contribution >= 0.6 is 0 Å². The normalized spacial score (nSPS) is 13.5. The molecular weight excluding hydrogens is 252 g/mol. The van der Waals surface area contributed by atoms with Crippen molar-refractivity contribution in [2.75, 3.05) is 5.43 Å². The van der Waals surface area contributed by atoms with E-state index in [0.29, 0.717) is 11.3 Å². The number of allylic oxidation sites excluding steroid dienone is 1. The van der Waals surface area contributed by atoms with Crippen molar-refractivity contribution in [2.24, 2.45) is 5.10 Å². The SMILES string of the molecule is C1=Cc2ccccc2NN=C1c1cc2[nH]cnc2nn1. The molecule has 0 bridgehead atoms. The van der Waals surface area contributed by atoms with E-state index in [0.717, 1.165) is 22.5 Å². The summed E-state index contributed by atoms with van der Waals surface area (Å²) in [5, 5.41) is 12.6. The van der Waals surface area contributed by atoms with Crippen LogP contribution in [0.1, 0.15) is 11.3 Å². The number of nitrogens with one attached hydrogen (secondary N) is 2. The Morgan fingerprint density at radius 2 is 1.95 bits per heavy atom. The maximum Gasteiger partial charge on any atom is 0.199 e. The summed E-state index contributed by atoms with van der Waals surface area (Å²) in [6.45, 7) is 0. The predicted octanol–water partition coefficient (Wildman–Crippen LogP) is 2.20. The Morgan fingerprint density at radius 3 is 2.95 bits per heavy atom. The first-order chi connectivity index (χ1) is 9.90. The Labute approximate surface area is 114 Å². The summed E-state index contributed by atoms with van der Waals surface area (Å²) in [4.78, 5) is 7.07. The molecule has 0 saturated heterocycles. The summed E-state index contributed by atoms with van der Waals surface area (Å²) in [6, 6.07) is 9.86. The average molecular weight is 262 g/mol. The van der Waals surface area contributed by atoms with Gasteiger partial charge >= 0.3 is 0 Å². The smallest absolute Gasteiger partial charge is 0.199 e. The van der Waals surface area contributed by atoms with Gasteiger partial charge in [0.05, 0.1) is 17.5 Å². The third-order valence-electron chi connectivity index (χ3n) is 3.12. The summed E-state index contributed by atoms with van der Waals surface area (Å²) in [5.41, 5.74) is 7.96. The standard InChI is InChI=1S/C14H10N6/c1-2-4-10-9(3-1)5-6-11(18-17-10)12-7-13-14(20-19-12)16-8-15-13/h1-8,17H,(H,15,16,20). The summed E-state index contributed by atoms with van der Waals surface area (Å²) in [7, 11) is 0. The molecule has 2 N–H and O–H groups in total. The van der Waals surface area contributed by atoms with Gasteiger partial charge in [-0.3, -0.25) is 5.43 Å². The topological polar surface area (TPSA) is 78.9 Å². The van der Waals surface area contributed by atoms with E-state index in [1.165, 1.54) is 0 Å². The van der Waals surface area contributed by atoms with E-state index in [1.54, 1.807) is 6.33 Å². The Kier molecular flexibility index (Phi) is 2.32. The van der Waals surface area contributed by atoms with Gasteiger partial charge in [-0.1, -0.05) is 24.3 Å². The molecule has 0 saturated carbocycles. The minimum atomic E-state index is 0.600. The molecule has 6 nitrogen and oxygen atoms in total. The second kappa shape index (κ2) is 4.27. The van der Waals surface area contributed by atoms with E-state index in [9.17, 15) is 0 Å². The van der Waals surface area contributed by atoms with Crippen molar-refractivity contribution in [2.45, 2.75) is 0 Å². The van der Waals surface area contributed by atoms with Crippen molar-refractivity contribution in [1.82, 2.24) is 20.2 Å². The third kappa shape index (κ3) is 1.74. The number of aromatic nitrogens is 4. The largest absolute Gasteiger partial charge is 0.343 e. The number of para-hydroxylation sites is 1. The fourth-order valence-corrected chi connectivity index (χ4v) is 2.09. The molecule has 20 heavy (non-hydrogen) atoms. The maximum absolute atomic E-state index is 4.37. The Balaban J connectivity index is 1.78. The van der Waals surface area contributed by atoms with Gasteiger partial charge in [0.25, 0.3) is 0 Å². The van der Waals surface area contributed by atoms with Crippen LogP contribution in [0, 0.1) is 0 Å². The molecule has 3 heterocycles. The molecule has 96 valence electrons. The highest BCUT2D eigenvalue weighted by atomic mass is 15.3. The molecule has 0 unspecified atom stereocenters. The van der Waals surface area contributed by atoms with E-state index >= 15 is 0 Å². The number of hydrazone groups is 1. The van der Waals surface area contributed by atoms with Gasteiger partial charge < -0.3 is 4.98 Å². The molecule has 4 rings (SSSR count). The minimum Gasteiger partial charge on any atom is -0.343 e. The van der Waals surface area contributed by atoms with Gasteiger partial charge in [-0.2, -0.15) is 5.10 Å². The molecule has 3 aromatic rings. The van der Waals surface area contributed by atoms with E-state index in [1.807, 2.05) is 42.5 Å². The van der Waals surface area contributed by atoms with E-state index in [-0.39, 0.29) is 0 Å². The first-order valence-electron chi connectivity index (χ1n) is 6.18. The monoisotopic (exact) mass is 262 g/mol. The van der Waals surface area contributed by atoms with E-state index in [2.05, 4.69) is 30.7 Å². The second-order valence-corrected chi connectivity index (χ2v) is 4.40. The van der Waals surface area contributed by atoms with E-state index < -0.39 is 0 Å². The molecule has 2 aromatic heterocycles. The van der Waals surface area contributed by atoms with Crippen LogP contribution in [0.15, 0.2) is 47.8 Å². The Morgan fingerprint density at radius 1 is 1.00 bits per heavy atom. The number of anilines is 1. The molecule has 0 atom stereocenters. The lowest BCUT2D eigenvalue weighted by Crippen LogP contribution is -2.04. The molecular formula is C14H10N6. The maximum atomic E-state index is 4.37. The van der Waals surface area contributed by atoms with Gasteiger partial charge in [-0.15, -0.1) is 10.2 Å². The number of aromatic amines is 1. The van der Waals surface area contributed by atoms with Crippen molar-refractivity contribution < 1.29 is 0 Å². The molecule has 0 aliphatic carbocycles. The highest BCUT2D eigenvalue weighted by Gasteiger charge is 2.09. The zero-order valence-electron chi connectivity index (χ0n) is 10.4. The summed E-state index contributed by atoms with van der Waals surface area (Å²) in [5.74, 6) is 0. The van der Waals surface area contributed by atoms with Crippen molar-refractivity contribution in [3.05, 3.63) is 54.0 Å². The lowest BCUT2D eigenvalue weighted by atomic mass is 10.1. The lowest BCUT2D eigenvalue weighted by Gasteiger charge is -2.02. The number of H-pyrrole nitrogens is 1. The van der Waals surface area contributed by atoms with Gasteiger partial charge in [0, 0.05) is 0 Å². The third-order valence-corrected chi connectivity index (χ3v) is 3.12. The summed E-state index contributed by atoms with van der Waals surface area (Å²) < 4.78 is 0. The molecule has 6 heteroatoms. The van der Waals surface area contributed by atoms with Crippen molar-refractivity contribution in [3.63, 3.8) is 0 Å². The van der Waals surface area contributed by atoms with Crippen LogP contribution in [-0.4, -0.2) is 25.9 Å². The molecule has 0 spiro atoms. The quantitative estimate of drug-likeness (QED) is 0.704. The van der Waals surface area contributed by atoms with Gasteiger partial charge in [0.2, 0.25) is 0 Å². The minimum absolute atomic E-state index is 0.600. The highest BCUT2D eigenvalue weighted by Crippen LogP contribution is 2.20. The number of nitrogens with zero attached hydrogens (tertiary/aromatic N) is 4. The first-order valence-corrected chi connectivity index (χ1v) is 6.18. The number of imidazole rings is 1. The van der Waals surface area contributed by atoms with Crippen molar-refractivity contribution >= 4 is 28.6 Å². The fourth-order valence-electron chi connectivity index (χ4n) is 2.09. The van der Waals surface area contributed by atoms with E-state index in [4.69, 9.17) is 0 Å². The average Bonchev–Trinajstić information content (AvgIpc) is 2.85.